The van der Waals surface area contributed by atoms with Gasteiger partial charge in [-0.2, -0.15) is 0 Å². The van der Waals surface area contributed by atoms with Gasteiger partial charge in [0.2, 0.25) is 0 Å². The van der Waals surface area contributed by atoms with Crippen LogP contribution in [0, 0.1) is 11.8 Å². The van der Waals surface area contributed by atoms with Crippen LogP contribution in [0.25, 0.3) is 0 Å². The van der Waals surface area contributed by atoms with Crippen molar-refractivity contribution < 1.29 is 19.8 Å². The predicted molar refractivity (Wildman–Crippen MR) is 103 cm³/mol. The maximum absolute atomic E-state index is 11.1. The van der Waals surface area contributed by atoms with E-state index in [1.807, 2.05) is 13.8 Å². The van der Waals surface area contributed by atoms with E-state index in [0.29, 0.717) is 6.42 Å². The summed E-state index contributed by atoms with van der Waals surface area (Å²) in [5.41, 5.74) is 0. The van der Waals surface area contributed by atoms with Gasteiger partial charge >= 0.3 is 11.9 Å². The molecule has 1 unspecified atom stereocenters. The zero-order chi connectivity index (χ0) is 16.8. The Balaban J connectivity index is -0.00000220. The number of unbranched alkanes of at least 4 members (excludes halogenated alkanes) is 9. The zero-order valence-corrected chi connectivity index (χ0v) is 16.8. The number of hydrogen-bond acceptors (Lipinski definition) is 2. The lowest BCUT2D eigenvalue weighted by Gasteiger charge is -2.15. The topological polar surface area (TPSA) is 74.6 Å². The molecule has 0 bridgehead atoms. The number of hydrogen-bond donors (Lipinski definition) is 2. The fourth-order valence-electron chi connectivity index (χ4n) is 2.80. The molecule has 0 aromatic heterocycles. The molecular weight excluding hydrogens is 351 g/mol. The van der Waals surface area contributed by atoms with Crippen molar-refractivity contribution >= 4 is 36.8 Å². The van der Waals surface area contributed by atoms with E-state index in [4.69, 9.17) is 10.2 Å². The molecule has 0 saturated carbocycles. The smallest absolute Gasteiger partial charge is 0.306 e. The standard InChI is InChI=1S/C18H34O4.2ClH/c1-15(2)16(18(21)22)13-11-9-7-5-3-4-6-8-10-12-14-17(19)20;;/h15-16H,3-14H2,1-2H3,(H,19,20)(H,21,22);2*1H. The molecule has 0 spiro atoms. The first-order valence-electron chi connectivity index (χ1n) is 8.89. The second-order valence-electron chi connectivity index (χ2n) is 6.66. The van der Waals surface area contributed by atoms with E-state index in [2.05, 4.69) is 0 Å². The lowest BCUT2D eigenvalue weighted by molar-refractivity contribution is -0.143. The highest BCUT2D eigenvalue weighted by atomic mass is 35.5. The molecule has 0 aliphatic heterocycles. The highest BCUT2D eigenvalue weighted by molar-refractivity contribution is 5.85. The number of halogens is 2. The van der Waals surface area contributed by atoms with Crippen LogP contribution in [0.15, 0.2) is 0 Å². The van der Waals surface area contributed by atoms with Crippen molar-refractivity contribution in [3.05, 3.63) is 0 Å². The summed E-state index contributed by atoms with van der Waals surface area (Å²) in [6.45, 7) is 3.96. The Bertz CT molecular complexity index is 309. The minimum absolute atomic E-state index is 0. The maximum atomic E-state index is 11.1. The minimum Gasteiger partial charge on any atom is -0.481 e. The van der Waals surface area contributed by atoms with Crippen LogP contribution in [0.1, 0.15) is 90.9 Å². The Labute approximate surface area is 159 Å². The van der Waals surface area contributed by atoms with Gasteiger partial charge in [0.25, 0.3) is 0 Å². The Hall–Kier alpha value is -0.480. The highest BCUT2D eigenvalue weighted by Crippen LogP contribution is 2.20. The molecule has 0 radical (unpaired) electrons. The van der Waals surface area contributed by atoms with Gasteiger partial charge in [0.05, 0.1) is 5.92 Å². The summed E-state index contributed by atoms with van der Waals surface area (Å²) in [6, 6.07) is 0. The summed E-state index contributed by atoms with van der Waals surface area (Å²) in [4.78, 5) is 21.4. The lowest BCUT2D eigenvalue weighted by Crippen LogP contribution is -2.19. The van der Waals surface area contributed by atoms with Crippen LogP contribution in [0.2, 0.25) is 0 Å². The average Bonchev–Trinajstić information content (AvgIpc) is 2.42. The first-order chi connectivity index (χ1) is 10.4. The first-order valence-corrected chi connectivity index (χ1v) is 8.89. The largest absolute Gasteiger partial charge is 0.481 e. The number of carbonyl (C=O) groups is 2. The fraction of sp³-hybridized carbons (Fsp3) is 0.889. The Morgan fingerprint density at radius 2 is 1.08 bits per heavy atom. The molecule has 0 rings (SSSR count). The quantitative estimate of drug-likeness (QED) is 0.340. The maximum Gasteiger partial charge on any atom is 0.306 e. The zero-order valence-electron chi connectivity index (χ0n) is 15.2. The van der Waals surface area contributed by atoms with Crippen LogP contribution < -0.4 is 0 Å². The average molecular weight is 387 g/mol. The van der Waals surface area contributed by atoms with Gasteiger partial charge in [0.1, 0.15) is 0 Å². The molecule has 0 saturated heterocycles. The van der Waals surface area contributed by atoms with E-state index in [0.717, 1.165) is 38.5 Å². The van der Waals surface area contributed by atoms with Crippen LogP contribution in [0.4, 0.5) is 0 Å². The Morgan fingerprint density at radius 1 is 0.708 bits per heavy atom. The van der Waals surface area contributed by atoms with Gasteiger partial charge < -0.3 is 10.2 Å². The van der Waals surface area contributed by atoms with Crippen molar-refractivity contribution in [1.82, 2.24) is 0 Å². The molecule has 4 nitrogen and oxygen atoms in total. The van der Waals surface area contributed by atoms with Crippen LogP contribution in [0.5, 0.6) is 0 Å². The number of rotatable bonds is 15. The third-order valence-electron chi connectivity index (χ3n) is 4.28. The van der Waals surface area contributed by atoms with Gasteiger partial charge in [-0.3, -0.25) is 9.59 Å². The molecule has 0 amide bonds. The monoisotopic (exact) mass is 386 g/mol. The molecule has 1 atom stereocenters. The van der Waals surface area contributed by atoms with Gasteiger partial charge in [0.15, 0.2) is 0 Å². The Morgan fingerprint density at radius 3 is 1.42 bits per heavy atom. The van der Waals surface area contributed by atoms with Gasteiger partial charge in [-0.1, -0.05) is 71.6 Å². The van der Waals surface area contributed by atoms with E-state index < -0.39 is 11.9 Å². The van der Waals surface area contributed by atoms with Crippen molar-refractivity contribution in [2.45, 2.75) is 90.9 Å². The normalized spacial score (nSPS) is 11.5. The third kappa shape index (κ3) is 17.9. The van der Waals surface area contributed by atoms with Crippen LogP contribution >= 0.6 is 24.8 Å². The summed E-state index contributed by atoms with van der Waals surface area (Å²) in [7, 11) is 0. The lowest BCUT2D eigenvalue weighted by atomic mass is 9.90. The van der Waals surface area contributed by atoms with Crippen LogP contribution in [-0.2, 0) is 9.59 Å². The van der Waals surface area contributed by atoms with Crippen LogP contribution in [0.3, 0.4) is 0 Å². The molecule has 0 aromatic rings. The summed E-state index contributed by atoms with van der Waals surface area (Å²) >= 11 is 0. The number of carboxylic acid groups (broad SMARTS) is 2. The van der Waals surface area contributed by atoms with Gasteiger partial charge in [-0.15, -0.1) is 24.8 Å². The molecule has 6 heteroatoms. The molecular formula is C18H36Cl2O4. The van der Waals surface area contributed by atoms with Gasteiger partial charge in [-0.25, -0.2) is 0 Å². The number of aliphatic carboxylic acids is 2. The van der Waals surface area contributed by atoms with Crippen molar-refractivity contribution in [2.75, 3.05) is 0 Å². The molecule has 0 heterocycles. The summed E-state index contributed by atoms with van der Waals surface area (Å²) < 4.78 is 0. The second kappa shape index (κ2) is 18.9. The van der Waals surface area contributed by atoms with E-state index in [1.54, 1.807) is 0 Å². The molecule has 2 N–H and O–H groups in total. The molecule has 0 aliphatic rings. The SMILES string of the molecule is CC(C)C(CCCCCCCCCCCCC(=O)O)C(=O)O.Cl.Cl. The van der Waals surface area contributed by atoms with Crippen molar-refractivity contribution in [1.29, 1.82) is 0 Å². The molecule has 0 fully saturated rings. The van der Waals surface area contributed by atoms with E-state index >= 15 is 0 Å². The summed E-state index contributed by atoms with van der Waals surface area (Å²) in [5.74, 6) is -1.31. The Kier molecular flexibility index (Phi) is 22.3. The number of carboxylic acids is 2. The van der Waals surface area contributed by atoms with Crippen molar-refractivity contribution in [3.8, 4) is 0 Å². The van der Waals surface area contributed by atoms with E-state index in [1.165, 1.54) is 32.1 Å². The predicted octanol–water partition coefficient (Wildman–Crippen LogP) is 5.95. The molecule has 146 valence electrons. The van der Waals surface area contributed by atoms with Gasteiger partial charge in [-0.05, 0) is 18.8 Å². The molecule has 0 aliphatic carbocycles. The molecule has 0 aromatic carbocycles. The van der Waals surface area contributed by atoms with Crippen molar-refractivity contribution in [2.24, 2.45) is 11.8 Å². The summed E-state index contributed by atoms with van der Waals surface area (Å²) in [6.07, 6.45) is 12.3. The van der Waals surface area contributed by atoms with Crippen molar-refractivity contribution in [3.63, 3.8) is 0 Å². The molecule has 24 heavy (non-hydrogen) atoms. The van der Waals surface area contributed by atoms with Gasteiger partial charge in [0, 0.05) is 6.42 Å². The van der Waals surface area contributed by atoms with Crippen LogP contribution in [-0.4, -0.2) is 22.2 Å². The second-order valence-corrected chi connectivity index (χ2v) is 6.66. The van der Waals surface area contributed by atoms with E-state index in [-0.39, 0.29) is 36.6 Å². The fourth-order valence-corrected chi connectivity index (χ4v) is 2.80. The minimum atomic E-state index is -0.692. The highest BCUT2D eigenvalue weighted by Gasteiger charge is 2.20. The third-order valence-corrected chi connectivity index (χ3v) is 4.28. The van der Waals surface area contributed by atoms with E-state index in [9.17, 15) is 9.59 Å². The summed E-state index contributed by atoms with van der Waals surface area (Å²) in [5, 5.41) is 17.6. The first kappa shape index (κ1) is 28.3.